The first kappa shape index (κ1) is 15.4. The number of rotatable bonds is 2. The van der Waals surface area contributed by atoms with Gasteiger partial charge in [-0.25, -0.2) is 8.78 Å². The quantitative estimate of drug-likeness (QED) is 0.879. The fourth-order valence-corrected chi connectivity index (χ4v) is 3.29. The van der Waals surface area contributed by atoms with Crippen LogP contribution in [-0.4, -0.2) is 47.1 Å². The smallest absolute Gasteiger partial charge is 0.266 e. The van der Waals surface area contributed by atoms with Crippen molar-refractivity contribution in [3.05, 3.63) is 29.8 Å². The van der Waals surface area contributed by atoms with Crippen molar-refractivity contribution in [2.24, 2.45) is 0 Å². The highest BCUT2D eigenvalue weighted by Gasteiger charge is 2.43. The van der Waals surface area contributed by atoms with E-state index >= 15 is 0 Å². The molecule has 0 spiro atoms. The number of halogens is 2. The molecule has 1 aromatic rings. The molecule has 0 bridgehead atoms. The van der Waals surface area contributed by atoms with E-state index in [1.807, 2.05) is 29.2 Å². The molecule has 1 aromatic carbocycles. The van der Waals surface area contributed by atoms with Crippen molar-refractivity contribution in [2.45, 2.75) is 43.8 Å². The Hall–Kier alpha value is -1.53. The molecule has 120 valence electrons. The summed E-state index contributed by atoms with van der Waals surface area (Å²) in [6.07, 6.45) is -1.30. The van der Waals surface area contributed by atoms with Crippen LogP contribution in [-0.2, 0) is 11.2 Å². The molecule has 1 fully saturated rings. The van der Waals surface area contributed by atoms with Gasteiger partial charge in [0.25, 0.3) is 6.43 Å². The summed E-state index contributed by atoms with van der Waals surface area (Å²) in [4.78, 5) is 14.3. The zero-order chi connectivity index (χ0) is 15.7. The molecule has 0 radical (unpaired) electrons. The van der Waals surface area contributed by atoms with E-state index in [-0.39, 0.29) is 24.8 Å². The Bertz CT molecular complexity index is 557. The summed E-state index contributed by atoms with van der Waals surface area (Å²) in [7, 11) is 0. The molecule has 0 saturated carbocycles. The summed E-state index contributed by atoms with van der Waals surface area (Å²) in [5, 5.41) is 12.8. The summed E-state index contributed by atoms with van der Waals surface area (Å²) < 4.78 is 25.7. The van der Waals surface area contributed by atoms with Gasteiger partial charge in [0.05, 0.1) is 6.04 Å². The number of para-hydroxylation sites is 1. The number of amides is 1. The lowest BCUT2D eigenvalue weighted by Gasteiger charge is -2.40. The molecule has 0 aliphatic carbocycles. The number of hydrogen-bond donors (Lipinski definition) is 2. The van der Waals surface area contributed by atoms with Crippen molar-refractivity contribution < 1.29 is 18.7 Å². The zero-order valence-corrected chi connectivity index (χ0v) is 12.3. The molecule has 6 heteroatoms. The van der Waals surface area contributed by atoms with Gasteiger partial charge in [-0.3, -0.25) is 9.69 Å². The van der Waals surface area contributed by atoms with E-state index in [0.29, 0.717) is 19.5 Å². The van der Waals surface area contributed by atoms with Crippen LogP contribution in [0.15, 0.2) is 24.3 Å². The topological polar surface area (TPSA) is 52.6 Å². The Balaban J connectivity index is 1.68. The highest BCUT2D eigenvalue weighted by molar-refractivity contribution is 5.96. The molecule has 1 saturated heterocycles. The molecular weight excluding hydrogens is 290 g/mol. The first-order valence-corrected chi connectivity index (χ1v) is 7.63. The van der Waals surface area contributed by atoms with Gasteiger partial charge in [0.15, 0.2) is 0 Å². The maximum atomic E-state index is 12.8. The van der Waals surface area contributed by atoms with E-state index in [9.17, 15) is 18.7 Å². The third-order valence-electron chi connectivity index (χ3n) is 4.78. The van der Waals surface area contributed by atoms with Gasteiger partial charge < -0.3 is 10.4 Å². The van der Waals surface area contributed by atoms with E-state index in [0.717, 1.165) is 17.7 Å². The van der Waals surface area contributed by atoms with Gasteiger partial charge in [0.2, 0.25) is 5.91 Å². The van der Waals surface area contributed by atoms with E-state index in [4.69, 9.17) is 0 Å². The lowest BCUT2D eigenvalue weighted by molar-refractivity contribution is -0.137. The highest BCUT2D eigenvalue weighted by Crippen LogP contribution is 2.31. The van der Waals surface area contributed by atoms with Crippen molar-refractivity contribution >= 4 is 11.6 Å². The number of carbonyl (C=O) groups excluding carboxylic acids is 1. The molecule has 22 heavy (non-hydrogen) atoms. The van der Waals surface area contributed by atoms with Gasteiger partial charge in [-0.1, -0.05) is 18.2 Å². The van der Waals surface area contributed by atoms with E-state index in [1.165, 1.54) is 0 Å². The minimum Gasteiger partial charge on any atom is -0.384 e. The summed E-state index contributed by atoms with van der Waals surface area (Å²) in [6.45, 7) is 0.630. The van der Waals surface area contributed by atoms with Crippen LogP contribution in [0, 0.1) is 0 Å². The van der Waals surface area contributed by atoms with Crippen molar-refractivity contribution in [1.82, 2.24) is 4.90 Å². The number of alkyl halides is 2. The van der Waals surface area contributed by atoms with Crippen molar-refractivity contribution in [1.29, 1.82) is 0 Å². The fraction of sp³-hybridized carbons (Fsp3) is 0.562. The van der Waals surface area contributed by atoms with Crippen LogP contribution in [0.2, 0.25) is 0 Å². The standard InChI is InChI=1S/C16H20F2N2O2/c17-15(18)16(22)7-9-20(10-8-16)13-6-5-11-3-1-2-4-12(11)19-14(13)21/h1-4,13,15,22H,5-10H2,(H,19,21)/t13-/m0/s1. The molecule has 0 aromatic heterocycles. The van der Waals surface area contributed by atoms with Gasteiger partial charge in [-0.05, 0) is 37.3 Å². The number of hydrogen-bond acceptors (Lipinski definition) is 3. The molecule has 0 unspecified atom stereocenters. The van der Waals surface area contributed by atoms with Crippen molar-refractivity contribution in [3.8, 4) is 0 Å². The number of nitrogens with zero attached hydrogens (tertiary/aromatic N) is 1. The SMILES string of the molecule is O=C1Nc2ccccc2CC[C@@H]1N1CCC(O)(C(F)F)CC1. The number of carbonyl (C=O) groups is 1. The predicted octanol–water partition coefficient (Wildman–Crippen LogP) is 2.03. The van der Waals surface area contributed by atoms with Gasteiger partial charge in [0, 0.05) is 18.8 Å². The Kier molecular flexibility index (Phi) is 4.14. The Morgan fingerprint density at radius 2 is 1.95 bits per heavy atom. The lowest BCUT2D eigenvalue weighted by atomic mass is 9.90. The van der Waals surface area contributed by atoms with E-state index in [1.54, 1.807) is 0 Å². The normalized spacial score (nSPS) is 25.5. The van der Waals surface area contributed by atoms with Crippen LogP contribution in [0.4, 0.5) is 14.5 Å². The molecule has 2 N–H and O–H groups in total. The van der Waals surface area contributed by atoms with Gasteiger partial charge in [-0.2, -0.15) is 0 Å². The van der Waals surface area contributed by atoms with Crippen LogP contribution in [0.5, 0.6) is 0 Å². The number of nitrogens with one attached hydrogen (secondary N) is 1. The Labute approximate surface area is 128 Å². The monoisotopic (exact) mass is 310 g/mol. The summed E-state index contributed by atoms with van der Waals surface area (Å²) in [5.74, 6) is -0.0903. The number of aryl methyl sites for hydroxylation is 1. The Morgan fingerprint density at radius 1 is 1.27 bits per heavy atom. The maximum Gasteiger partial charge on any atom is 0.266 e. The second-order valence-electron chi connectivity index (χ2n) is 6.14. The van der Waals surface area contributed by atoms with Crippen molar-refractivity contribution in [3.63, 3.8) is 0 Å². The number of likely N-dealkylation sites (tertiary alicyclic amines) is 1. The predicted molar refractivity (Wildman–Crippen MR) is 78.9 cm³/mol. The van der Waals surface area contributed by atoms with Gasteiger partial charge in [-0.15, -0.1) is 0 Å². The summed E-state index contributed by atoms with van der Waals surface area (Å²) >= 11 is 0. The van der Waals surface area contributed by atoms with E-state index in [2.05, 4.69) is 5.32 Å². The first-order valence-electron chi connectivity index (χ1n) is 7.63. The minimum absolute atomic E-state index is 0.00138. The largest absolute Gasteiger partial charge is 0.384 e. The van der Waals surface area contributed by atoms with Crippen LogP contribution >= 0.6 is 0 Å². The number of anilines is 1. The third-order valence-corrected chi connectivity index (χ3v) is 4.78. The zero-order valence-electron chi connectivity index (χ0n) is 12.3. The minimum atomic E-state index is -2.73. The Morgan fingerprint density at radius 3 is 2.64 bits per heavy atom. The molecule has 1 amide bonds. The van der Waals surface area contributed by atoms with Crippen LogP contribution in [0.3, 0.4) is 0 Å². The number of aliphatic hydroxyl groups is 1. The number of fused-ring (bicyclic) bond motifs is 1. The van der Waals surface area contributed by atoms with E-state index < -0.39 is 12.0 Å². The third kappa shape index (κ3) is 2.85. The highest BCUT2D eigenvalue weighted by atomic mass is 19.3. The average molecular weight is 310 g/mol. The molecule has 1 atom stereocenters. The van der Waals surface area contributed by atoms with Crippen molar-refractivity contribution in [2.75, 3.05) is 18.4 Å². The van der Waals surface area contributed by atoms with Gasteiger partial charge >= 0.3 is 0 Å². The summed E-state index contributed by atoms with van der Waals surface area (Å²) in [5.41, 5.74) is 0.0243. The number of piperidine rings is 1. The first-order chi connectivity index (χ1) is 10.5. The lowest BCUT2D eigenvalue weighted by Crippen LogP contribution is -2.54. The second kappa shape index (κ2) is 5.93. The maximum absolute atomic E-state index is 12.8. The van der Waals surface area contributed by atoms with Crippen LogP contribution in [0.1, 0.15) is 24.8 Å². The summed E-state index contributed by atoms with van der Waals surface area (Å²) in [6, 6.07) is 7.36. The van der Waals surface area contributed by atoms with Crippen LogP contribution < -0.4 is 5.32 Å². The second-order valence-corrected chi connectivity index (χ2v) is 6.14. The average Bonchev–Trinajstić information content (AvgIpc) is 2.66. The molecule has 2 heterocycles. The molecule has 3 rings (SSSR count). The fourth-order valence-electron chi connectivity index (χ4n) is 3.29. The number of benzene rings is 1. The molecule has 2 aliphatic heterocycles. The molecular formula is C16H20F2N2O2. The molecule has 2 aliphatic rings. The molecule has 4 nitrogen and oxygen atoms in total. The van der Waals surface area contributed by atoms with Gasteiger partial charge in [0.1, 0.15) is 5.60 Å². The van der Waals surface area contributed by atoms with Crippen LogP contribution in [0.25, 0.3) is 0 Å².